The Kier molecular flexibility index (Phi) is 7.75. The maximum absolute atomic E-state index is 13.4. The molecule has 0 aliphatic carbocycles. The first-order valence-electron chi connectivity index (χ1n) is 11.6. The molecule has 1 aromatic heterocycles. The second kappa shape index (κ2) is 10.7. The van der Waals surface area contributed by atoms with Gasteiger partial charge in [0, 0.05) is 12.2 Å². The first-order valence-corrected chi connectivity index (χ1v) is 14.4. The zero-order valence-corrected chi connectivity index (χ0v) is 20.7. The molecule has 1 saturated heterocycles. The number of anilines is 1. The van der Waals surface area contributed by atoms with Gasteiger partial charge < -0.3 is 9.47 Å². The van der Waals surface area contributed by atoms with E-state index in [1.807, 2.05) is 48.5 Å². The summed E-state index contributed by atoms with van der Waals surface area (Å²) in [5.41, 5.74) is 2.77. The van der Waals surface area contributed by atoms with Gasteiger partial charge in [-0.1, -0.05) is 68.3 Å². The molecule has 1 unspecified atom stereocenters. The Morgan fingerprint density at radius 1 is 1.09 bits per heavy atom. The average molecular weight is 486 g/mol. The molecule has 0 bridgehead atoms. The minimum atomic E-state index is -3.11. The number of rotatable bonds is 10. The maximum atomic E-state index is 13.4. The lowest BCUT2D eigenvalue weighted by molar-refractivity contribution is -0.116. The van der Waals surface area contributed by atoms with Crippen LogP contribution in [0.4, 0.5) is 5.69 Å². The molecular formula is C25H31N3O3S2. The van der Waals surface area contributed by atoms with Crippen LogP contribution in [0.2, 0.25) is 0 Å². The number of fused-ring (bicyclic) bond motifs is 1. The van der Waals surface area contributed by atoms with Crippen molar-refractivity contribution in [2.75, 3.05) is 22.2 Å². The highest BCUT2D eigenvalue weighted by Crippen LogP contribution is 2.28. The van der Waals surface area contributed by atoms with Gasteiger partial charge in [-0.15, -0.1) is 0 Å². The Balaban J connectivity index is 1.53. The van der Waals surface area contributed by atoms with Crippen molar-refractivity contribution in [3.05, 3.63) is 54.6 Å². The molecule has 3 aromatic rings. The molecular weight excluding hydrogens is 454 g/mol. The zero-order valence-electron chi connectivity index (χ0n) is 19.0. The van der Waals surface area contributed by atoms with Crippen molar-refractivity contribution < 1.29 is 13.2 Å². The number of benzene rings is 2. The fourth-order valence-corrected chi connectivity index (χ4v) is 7.00. The SMILES string of the molecule is CCCCCCn1c(SCC(=O)N(c2ccccc2)C2CCS(=O)(=O)C2)nc2ccccc21. The second-order valence-electron chi connectivity index (χ2n) is 8.54. The summed E-state index contributed by atoms with van der Waals surface area (Å²) in [5, 5.41) is 0.841. The number of imidazole rings is 1. The van der Waals surface area contributed by atoms with E-state index in [0.717, 1.165) is 34.8 Å². The van der Waals surface area contributed by atoms with Crippen LogP contribution in [0.3, 0.4) is 0 Å². The molecule has 4 rings (SSSR count). The number of para-hydroxylation sites is 3. The monoisotopic (exact) mass is 485 g/mol. The van der Waals surface area contributed by atoms with Crippen LogP contribution in [0.15, 0.2) is 59.8 Å². The lowest BCUT2D eigenvalue weighted by Gasteiger charge is -2.28. The molecule has 0 N–H and O–H groups in total. The summed E-state index contributed by atoms with van der Waals surface area (Å²) >= 11 is 1.44. The minimum Gasteiger partial charge on any atom is -0.319 e. The molecule has 0 saturated carbocycles. The fourth-order valence-electron chi connectivity index (χ4n) is 4.40. The Bertz CT molecular complexity index is 1190. The molecule has 0 spiro atoms. The number of thioether (sulfide) groups is 1. The third-order valence-corrected chi connectivity index (χ3v) is 8.77. The van der Waals surface area contributed by atoms with Crippen molar-refractivity contribution in [3.8, 4) is 0 Å². The number of hydrogen-bond acceptors (Lipinski definition) is 5. The fraction of sp³-hybridized carbons (Fsp3) is 0.440. The van der Waals surface area contributed by atoms with Gasteiger partial charge in [0.15, 0.2) is 15.0 Å². The van der Waals surface area contributed by atoms with Crippen molar-refractivity contribution in [3.63, 3.8) is 0 Å². The molecule has 2 heterocycles. The van der Waals surface area contributed by atoms with Gasteiger partial charge in [-0.2, -0.15) is 0 Å². The standard InChI is InChI=1S/C25H31N3O3S2/c1-2-3-4-10-16-27-23-14-9-8-13-22(23)26-25(27)32-18-24(29)28(20-11-6-5-7-12-20)21-15-17-33(30,31)19-21/h5-9,11-14,21H,2-4,10,15-19H2,1H3. The van der Waals surface area contributed by atoms with Crippen molar-refractivity contribution in [2.45, 2.75) is 56.8 Å². The summed E-state index contributed by atoms with van der Waals surface area (Å²) in [6.45, 7) is 3.08. The van der Waals surface area contributed by atoms with E-state index in [0.29, 0.717) is 6.42 Å². The second-order valence-corrected chi connectivity index (χ2v) is 11.7. The van der Waals surface area contributed by atoms with Crippen molar-refractivity contribution in [1.29, 1.82) is 0 Å². The van der Waals surface area contributed by atoms with Crippen molar-refractivity contribution >= 4 is 44.2 Å². The molecule has 1 aliphatic rings. The first kappa shape index (κ1) is 23.8. The maximum Gasteiger partial charge on any atom is 0.237 e. The Hall–Kier alpha value is -2.32. The quantitative estimate of drug-likeness (QED) is 0.301. The highest BCUT2D eigenvalue weighted by atomic mass is 32.2. The number of amides is 1. The lowest BCUT2D eigenvalue weighted by atomic mass is 10.2. The summed E-state index contributed by atoms with van der Waals surface area (Å²) in [6.07, 6.45) is 5.12. The number of hydrogen-bond donors (Lipinski definition) is 0. The highest BCUT2D eigenvalue weighted by Gasteiger charge is 2.35. The number of aromatic nitrogens is 2. The summed E-state index contributed by atoms with van der Waals surface area (Å²) in [4.78, 5) is 19.9. The van der Waals surface area contributed by atoms with E-state index in [1.165, 1.54) is 31.0 Å². The summed E-state index contributed by atoms with van der Waals surface area (Å²) < 4.78 is 26.4. The van der Waals surface area contributed by atoms with Crippen LogP contribution >= 0.6 is 11.8 Å². The van der Waals surface area contributed by atoms with Crippen LogP contribution in [-0.4, -0.2) is 47.2 Å². The van der Waals surface area contributed by atoms with Gasteiger partial charge in [-0.25, -0.2) is 13.4 Å². The minimum absolute atomic E-state index is 0.0221. The van der Waals surface area contributed by atoms with Gasteiger partial charge in [0.1, 0.15) is 0 Å². The molecule has 33 heavy (non-hydrogen) atoms. The van der Waals surface area contributed by atoms with Crippen LogP contribution < -0.4 is 4.90 Å². The third kappa shape index (κ3) is 5.79. The Morgan fingerprint density at radius 2 is 1.85 bits per heavy atom. The number of unbranched alkanes of at least 4 members (excludes halogenated alkanes) is 3. The predicted molar refractivity (Wildman–Crippen MR) is 136 cm³/mol. The van der Waals surface area contributed by atoms with E-state index < -0.39 is 9.84 Å². The van der Waals surface area contributed by atoms with Crippen LogP contribution in [-0.2, 0) is 21.2 Å². The van der Waals surface area contributed by atoms with Crippen molar-refractivity contribution in [1.82, 2.24) is 9.55 Å². The van der Waals surface area contributed by atoms with Crippen LogP contribution in [0.5, 0.6) is 0 Å². The Labute approximate surface area is 200 Å². The van der Waals surface area contributed by atoms with E-state index in [2.05, 4.69) is 17.6 Å². The number of aryl methyl sites for hydroxylation is 1. The van der Waals surface area contributed by atoms with Gasteiger partial charge >= 0.3 is 0 Å². The van der Waals surface area contributed by atoms with Crippen molar-refractivity contribution in [2.24, 2.45) is 0 Å². The molecule has 1 amide bonds. The largest absolute Gasteiger partial charge is 0.319 e. The molecule has 1 fully saturated rings. The molecule has 6 nitrogen and oxygen atoms in total. The topological polar surface area (TPSA) is 72.3 Å². The van der Waals surface area contributed by atoms with Gasteiger partial charge in [0.2, 0.25) is 5.91 Å². The van der Waals surface area contributed by atoms with Crippen LogP contribution in [0.1, 0.15) is 39.0 Å². The normalized spacial score (nSPS) is 17.4. The zero-order chi connectivity index (χ0) is 23.3. The number of nitrogens with zero attached hydrogens (tertiary/aromatic N) is 3. The number of sulfone groups is 1. The van der Waals surface area contributed by atoms with E-state index in [4.69, 9.17) is 4.98 Å². The van der Waals surface area contributed by atoms with E-state index >= 15 is 0 Å². The molecule has 1 atom stereocenters. The Morgan fingerprint density at radius 3 is 2.58 bits per heavy atom. The summed E-state index contributed by atoms with van der Waals surface area (Å²) in [5.74, 6) is 0.283. The molecule has 8 heteroatoms. The summed E-state index contributed by atoms with van der Waals surface area (Å²) in [6, 6.07) is 17.2. The van der Waals surface area contributed by atoms with Crippen LogP contribution in [0.25, 0.3) is 11.0 Å². The molecule has 1 aliphatic heterocycles. The van der Waals surface area contributed by atoms with Gasteiger partial charge in [-0.3, -0.25) is 4.79 Å². The average Bonchev–Trinajstić information content (AvgIpc) is 3.35. The number of carbonyl (C=O) groups is 1. The van der Waals surface area contributed by atoms with E-state index in [9.17, 15) is 13.2 Å². The first-order chi connectivity index (χ1) is 16.0. The summed E-state index contributed by atoms with van der Waals surface area (Å²) in [7, 11) is -3.11. The molecule has 176 valence electrons. The van der Waals surface area contributed by atoms with E-state index in [1.54, 1.807) is 4.90 Å². The molecule has 2 aromatic carbocycles. The van der Waals surface area contributed by atoms with Crippen LogP contribution in [0, 0.1) is 0 Å². The molecule has 0 radical (unpaired) electrons. The van der Waals surface area contributed by atoms with Gasteiger partial charge in [-0.05, 0) is 37.1 Å². The smallest absolute Gasteiger partial charge is 0.237 e. The number of carbonyl (C=O) groups excluding carboxylic acids is 1. The van der Waals surface area contributed by atoms with Gasteiger partial charge in [0.25, 0.3) is 0 Å². The lowest BCUT2D eigenvalue weighted by Crippen LogP contribution is -2.42. The third-order valence-electron chi connectivity index (χ3n) is 6.06. The van der Waals surface area contributed by atoms with Gasteiger partial charge in [0.05, 0.1) is 34.3 Å². The highest BCUT2D eigenvalue weighted by molar-refractivity contribution is 7.99. The predicted octanol–water partition coefficient (Wildman–Crippen LogP) is 4.93. The van der Waals surface area contributed by atoms with E-state index in [-0.39, 0.29) is 29.2 Å².